The van der Waals surface area contributed by atoms with Gasteiger partial charge in [0.05, 0.1) is 18.4 Å². The Kier molecular flexibility index (Phi) is 5.79. The molecule has 0 aromatic carbocycles. The van der Waals surface area contributed by atoms with Crippen LogP contribution < -0.4 is 5.32 Å². The van der Waals surface area contributed by atoms with Crippen LogP contribution in [0.5, 0.6) is 0 Å². The molecular weight excluding hydrogens is 264 g/mol. The van der Waals surface area contributed by atoms with Gasteiger partial charge in [-0.3, -0.25) is 9.58 Å². The van der Waals surface area contributed by atoms with E-state index in [4.69, 9.17) is 4.74 Å². The lowest BCUT2D eigenvalue weighted by Gasteiger charge is -2.39. The maximum absolute atomic E-state index is 6.03. The standard InChI is InChI=1S/C16H30N4O/c1-6-20-14(9-13(4)18-20)10-15(17-5)16-11-19(12(2)3)7-8-21-16/h9,12,15-17H,6-8,10-11H2,1-5H3. The van der Waals surface area contributed by atoms with Crippen LogP contribution in [0, 0.1) is 6.92 Å². The molecule has 2 rings (SSSR count). The van der Waals surface area contributed by atoms with E-state index in [0.29, 0.717) is 12.1 Å². The molecule has 0 radical (unpaired) electrons. The Hall–Kier alpha value is -0.910. The van der Waals surface area contributed by atoms with E-state index in [1.54, 1.807) is 0 Å². The number of morpholine rings is 1. The third-order valence-electron chi connectivity index (χ3n) is 4.39. The van der Waals surface area contributed by atoms with Crippen molar-refractivity contribution in [3.8, 4) is 0 Å². The molecule has 1 saturated heterocycles. The Balaban J connectivity index is 2.05. The molecule has 21 heavy (non-hydrogen) atoms. The van der Waals surface area contributed by atoms with Crippen molar-refractivity contribution in [1.29, 1.82) is 0 Å². The van der Waals surface area contributed by atoms with Crippen LogP contribution in [0.3, 0.4) is 0 Å². The summed E-state index contributed by atoms with van der Waals surface area (Å²) in [5, 5.41) is 7.99. The van der Waals surface area contributed by atoms with Crippen LogP contribution in [0.15, 0.2) is 6.07 Å². The van der Waals surface area contributed by atoms with E-state index in [1.165, 1.54) is 5.69 Å². The largest absolute Gasteiger partial charge is 0.374 e. The Labute approximate surface area is 128 Å². The molecule has 2 atom stereocenters. The second-order valence-electron chi connectivity index (χ2n) is 6.19. The van der Waals surface area contributed by atoms with Crippen LogP contribution >= 0.6 is 0 Å². The van der Waals surface area contributed by atoms with Crippen molar-refractivity contribution < 1.29 is 4.74 Å². The summed E-state index contributed by atoms with van der Waals surface area (Å²) in [6.45, 7) is 12.5. The van der Waals surface area contributed by atoms with Gasteiger partial charge in [-0.15, -0.1) is 0 Å². The summed E-state index contributed by atoms with van der Waals surface area (Å²) in [5.74, 6) is 0. The van der Waals surface area contributed by atoms with E-state index in [2.05, 4.69) is 53.8 Å². The Bertz CT molecular complexity index is 443. The predicted octanol–water partition coefficient (Wildman–Crippen LogP) is 1.45. The molecule has 5 heteroatoms. The Morgan fingerprint density at radius 1 is 1.48 bits per heavy atom. The van der Waals surface area contributed by atoms with Gasteiger partial charge >= 0.3 is 0 Å². The average Bonchev–Trinajstić information content (AvgIpc) is 2.84. The maximum Gasteiger partial charge on any atom is 0.0859 e. The van der Waals surface area contributed by atoms with Crippen molar-refractivity contribution in [3.63, 3.8) is 0 Å². The molecule has 2 heterocycles. The van der Waals surface area contributed by atoms with E-state index in [9.17, 15) is 0 Å². The number of nitrogens with one attached hydrogen (secondary N) is 1. The SMILES string of the molecule is CCn1nc(C)cc1CC(NC)C1CN(C(C)C)CCO1. The van der Waals surface area contributed by atoms with Crippen LogP contribution in [-0.4, -0.2) is 59.6 Å². The first-order chi connectivity index (χ1) is 10.0. The molecule has 120 valence electrons. The van der Waals surface area contributed by atoms with Crippen molar-refractivity contribution in [2.75, 3.05) is 26.7 Å². The summed E-state index contributed by atoms with van der Waals surface area (Å²) in [6.07, 6.45) is 1.20. The second-order valence-corrected chi connectivity index (χ2v) is 6.19. The highest BCUT2D eigenvalue weighted by atomic mass is 16.5. The summed E-state index contributed by atoms with van der Waals surface area (Å²) in [6, 6.07) is 3.10. The number of hydrogen-bond donors (Lipinski definition) is 1. The van der Waals surface area contributed by atoms with Gasteiger partial charge in [0, 0.05) is 43.8 Å². The second kappa shape index (κ2) is 7.38. The van der Waals surface area contributed by atoms with E-state index in [1.807, 2.05) is 7.05 Å². The summed E-state index contributed by atoms with van der Waals surface area (Å²) < 4.78 is 8.13. The van der Waals surface area contributed by atoms with Gasteiger partial charge in [-0.1, -0.05) is 0 Å². The molecule has 1 fully saturated rings. The van der Waals surface area contributed by atoms with Crippen LogP contribution in [0.2, 0.25) is 0 Å². The van der Waals surface area contributed by atoms with E-state index < -0.39 is 0 Å². The lowest BCUT2D eigenvalue weighted by molar-refractivity contribution is -0.0544. The first-order valence-corrected chi connectivity index (χ1v) is 8.11. The minimum atomic E-state index is 0.242. The summed E-state index contributed by atoms with van der Waals surface area (Å²) in [7, 11) is 2.03. The summed E-state index contributed by atoms with van der Waals surface area (Å²) in [4.78, 5) is 2.50. The lowest BCUT2D eigenvalue weighted by atomic mass is 10.0. The fraction of sp³-hybridized carbons (Fsp3) is 0.812. The van der Waals surface area contributed by atoms with Gasteiger partial charge in [-0.05, 0) is 40.8 Å². The molecule has 2 unspecified atom stereocenters. The van der Waals surface area contributed by atoms with Crippen molar-refractivity contribution in [2.45, 2.75) is 58.8 Å². The third-order valence-corrected chi connectivity index (χ3v) is 4.39. The number of aromatic nitrogens is 2. The number of likely N-dealkylation sites (N-methyl/N-ethyl adjacent to an activating group) is 1. The summed E-state index contributed by atoms with van der Waals surface area (Å²) >= 11 is 0. The monoisotopic (exact) mass is 294 g/mol. The number of hydrogen-bond acceptors (Lipinski definition) is 4. The lowest BCUT2D eigenvalue weighted by Crippen LogP contribution is -2.54. The molecule has 5 nitrogen and oxygen atoms in total. The van der Waals surface area contributed by atoms with Gasteiger partial charge in [-0.2, -0.15) is 5.10 Å². The zero-order valence-corrected chi connectivity index (χ0v) is 14.1. The van der Waals surface area contributed by atoms with Crippen LogP contribution in [0.4, 0.5) is 0 Å². The Morgan fingerprint density at radius 2 is 2.24 bits per heavy atom. The molecule has 0 amide bonds. The first-order valence-electron chi connectivity index (χ1n) is 8.11. The predicted molar refractivity (Wildman–Crippen MR) is 85.6 cm³/mol. The highest BCUT2D eigenvalue weighted by Gasteiger charge is 2.29. The molecule has 1 N–H and O–H groups in total. The number of aryl methyl sites for hydroxylation is 2. The van der Waals surface area contributed by atoms with Gasteiger partial charge in [-0.25, -0.2) is 0 Å². The molecule has 1 aliphatic rings. The fourth-order valence-corrected chi connectivity index (χ4v) is 3.09. The van der Waals surface area contributed by atoms with Crippen molar-refractivity contribution in [3.05, 3.63) is 17.5 Å². The number of ether oxygens (including phenoxy) is 1. The minimum absolute atomic E-state index is 0.242. The number of nitrogens with zero attached hydrogens (tertiary/aromatic N) is 3. The average molecular weight is 294 g/mol. The molecule has 0 saturated carbocycles. The first kappa shape index (κ1) is 16.5. The molecule has 0 spiro atoms. The normalized spacial score (nSPS) is 21.9. The third kappa shape index (κ3) is 4.05. The van der Waals surface area contributed by atoms with Gasteiger partial charge in [0.1, 0.15) is 0 Å². The van der Waals surface area contributed by atoms with Gasteiger partial charge in [0.2, 0.25) is 0 Å². The van der Waals surface area contributed by atoms with Gasteiger partial charge in [0.25, 0.3) is 0 Å². The van der Waals surface area contributed by atoms with Crippen molar-refractivity contribution in [1.82, 2.24) is 20.0 Å². The van der Waals surface area contributed by atoms with E-state index in [-0.39, 0.29) is 6.10 Å². The topological polar surface area (TPSA) is 42.3 Å². The zero-order valence-electron chi connectivity index (χ0n) is 14.1. The van der Waals surface area contributed by atoms with E-state index >= 15 is 0 Å². The fourth-order valence-electron chi connectivity index (χ4n) is 3.09. The molecule has 0 aliphatic carbocycles. The quantitative estimate of drug-likeness (QED) is 0.862. The minimum Gasteiger partial charge on any atom is -0.374 e. The van der Waals surface area contributed by atoms with Crippen LogP contribution in [-0.2, 0) is 17.7 Å². The zero-order chi connectivity index (χ0) is 15.4. The smallest absolute Gasteiger partial charge is 0.0859 e. The Morgan fingerprint density at radius 3 is 2.86 bits per heavy atom. The van der Waals surface area contributed by atoms with Crippen molar-refractivity contribution in [2.24, 2.45) is 0 Å². The van der Waals surface area contributed by atoms with Gasteiger partial charge in [0.15, 0.2) is 0 Å². The summed E-state index contributed by atoms with van der Waals surface area (Å²) in [5.41, 5.74) is 2.38. The number of rotatable bonds is 6. The van der Waals surface area contributed by atoms with Crippen molar-refractivity contribution >= 4 is 0 Å². The van der Waals surface area contributed by atoms with Crippen LogP contribution in [0.1, 0.15) is 32.2 Å². The molecule has 0 bridgehead atoms. The molecule has 1 aliphatic heterocycles. The molecule has 1 aromatic heterocycles. The van der Waals surface area contributed by atoms with Gasteiger partial charge < -0.3 is 10.1 Å². The molecule has 1 aromatic rings. The molecular formula is C16H30N4O. The highest BCUT2D eigenvalue weighted by Crippen LogP contribution is 2.16. The highest BCUT2D eigenvalue weighted by molar-refractivity contribution is 5.11. The van der Waals surface area contributed by atoms with Crippen LogP contribution in [0.25, 0.3) is 0 Å². The van der Waals surface area contributed by atoms with E-state index in [0.717, 1.165) is 38.4 Å². The maximum atomic E-state index is 6.03.